The molecule has 0 spiro atoms. The van der Waals surface area contributed by atoms with Crippen LogP contribution in [0.1, 0.15) is 16.1 Å². The lowest BCUT2D eigenvalue weighted by atomic mass is 10.1. The largest absolute Gasteiger partial charge is 0.451 e. The highest BCUT2D eigenvalue weighted by Crippen LogP contribution is 2.33. The van der Waals surface area contributed by atoms with Crippen molar-refractivity contribution in [3.8, 4) is 11.3 Å². The Kier molecular flexibility index (Phi) is 4.98. The molecule has 0 atom stereocenters. The van der Waals surface area contributed by atoms with Gasteiger partial charge in [0.1, 0.15) is 5.76 Å². The molecule has 26 heavy (non-hydrogen) atoms. The van der Waals surface area contributed by atoms with Crippen molar-refractivity contribution in [3.63, 3.8) is 0 Å². The van der Waals surface area contributed by atoms with E-state index in [1.807, 2.05) is 0 Å². The maximum Gasteiger partial charge on any atom is 0.416 e. The molecule has 0 unspecified atom stereocenters. The third kappa shape index (κ3) is 4.03. The van der Waals surface area contributed by atoms with Crippen molar-refractivity contribution < 1.29 is 22.4 Å². The quantitative estimate of drug-likeness (QED) is 0.544. The Labute approximate surface area is 156 Å². The van der Waals surface area contributed by atoms with Crippen LogP contribution in [0.5, 0.6) is 0 Å². The number of rotatable bonds is 3. The Balaban J connectivity index is 1.82. The molecule has 0 saturated carbocycles. The summed E-state index contributed by atoms with van der Waals surface area (Å²) in [5.41, 5.74) is -0.258. The van der Waals surface area contributed by atoms with Gasteiger partial charge in [0.05, 0.1) is 16.3 Å². The summed E-state index contributed by atoms with van der Waals surface area (Å²) in [6.45, 7) is 0. The lowest BCUT2D eigenvalue weighted by Gasteiger charge is -2.07. The molecule has 8 heteroatoms. The number of halogens is 5. The maximum atomic E-state index is 12.8. The number of furan rings is 1. The highest BCUT2D eigenvalue weighted by atomic mass is 35.5. The first-order valence-electron chi connectivity index (χ1n) is 7.28. The molecule has 1 heterocycles. The molecule has 0 radical (unpaired) electrons. The van der Waals surface area contributed by atoms with E-state index in [0.717, 1.165) is 12.1 Å². The van der Waals surface area contributed by atoms with Gasteiger partial charge in [-0.2, -0.15) is 13.2 Å². The fraction of sp³-hybridized carbons (Fsp3) is 0.0556. The minimum Gasteiger partial charge on any atom is -0.451 e. The van der Waals surface area contributed by atoms with Gasteiger partial charge in [-0.15, -0.1) is 0 Å². The number of benzene rings is 2. The van der Waals surface area contributed by atoms with Crippen molar-refractivity contribution in [1.82, 2.24) is 0 Å². The number of hydrogen-bond donors (Lipinski definition) is 1. The highest BCUT2D eigenvalue weighted by Gasteiger charge is 2.30. The Bertz CT molecular complexity index is 967. The molecule has 3 rings (SSSR count). The average Bonchev–Trinajstić information content (AvgIpc) is 3.07. The molecule has 0 aliphatic heterocycles. The molecule has 0 fully saturated rings. The average molecular weight is 400 g/mol. The SMILES string of the molecule is O=C(Nc1ccc(Cl)cc1Cl)c1ccc(-c2cccc(C(F)(F)F)c2)o1. The van der Waals surface area contributed by atoms with Crippen LogP contribution in [0.2, 0.25) is 10.0 Å². The van der Waals surface area contributed by atoms with Gasteiger partial charge in [-0.1, -0.05) is 35.3 Å². The first kappa shape index (κ1) is 18.4. The summed E-state index contributed by atoms with van der Waals surface area (Å²) >= 11 is 11.8. The van der Waals surface area contributed by atoms with Gasteiger partial charge < -0.3 is 9.73 Å². The Morgan fingerprint density at radius 1 is 1.00 bits per heavy atom. The summed E-state index contributed by atoms with van der Waals surface area (Å²) in [5, 5.41) is 3.21. The zero-order valence-corrected chi connectivity index (χ0v) is 14.4. The molecule has 0 aliphatic rings. The molecule has 1 aromatic heterocycles. The van der Waals surface area contributed by atoms with E-state index >= 15 is 0 Å². The van der Waals surface area contributed by atoms with E-state index in [-0.39, 0.29) is 22.1 Å². The standard InChI is InChI=1S/C18H10Cl2F3NO2/c19-12-4-5-14(13(20)9-12)24-17(25)16-7-6-15(26-16)10-2-1-3-11(8-10)18(21,22)23/h1-9H,(H,24,25). The van der Waals surface area contributed by atoms with E-state index in [0.29, 0.717) is 10.7 Å². The van der Waals surface area contributed by atoms with Crippen molar-refractivity contribution in [3.05, 3.63) is 76.0 Å². The summed E-state index contributed by atoms with van der Waals surface area (Å²) in [6.07, 6.45) is -4.46. The minimum absolute atomic E-state index is 0.0663. The first-order valence-corrected chi connectivity index (χ1v) is 8.03. The van der Waals surface area contributed by atoms with E-state index in [9.17, 15) is 18.0 Å². The molecule has 1 amide bonds. The molecule has 2 aromatic carbocycles. The van der Waals surface area contributed by atoms with Crippen LogP contribution in [0.3, 0.4) is 0 Å². The van der Waals surface area contributed by atoms with Crippen LogP contribution in [0.4, 0.5) is 18.9 Å². The second-order valence-electron chi connectivity index (χ2n) is 5.32. The fourth-order valence-corrected chi connectivity index (χ4v) is 2.69. The fourth-order valence-electron chi connectivity index (χ4n) is 2.24. The van der Waals surface area contributed by atoms with Gasteiger partial charge >= 0.3 is 6.18 Å². The number of carbonyl (C=O) groups is 1. The van der Waals surface area contributed by atoms with Crippen LogP contribution in [0, 0.1) is 0 Å². The van der Waals surface area contributed by atoms with Crippen LogP contribution in [0.25, 0.3) is 11.3 Å². The second-order valence-corrected chi connectivity index (χ2v) is 6.16. The summed E-state index contributed by atoms with van der Waals surface area (Å²) in [5.74, 6) is -0.515. The number of amides is 1. The molecule has 0 saturated heterocycles. The zero-order chi connectivity index (χ0) is 18.9. The first-order chi connectivity index (χ1) is 12.2. The van der Waals surface area contributed by atoms with Gasteiger partial charge in [0.15, 0.2) is 5.76 Å². The van der Waals surface area contributed by atoms with E-state index in [4.69, 9.17) is 27.6 Å². The van der Waals surface area contributed by atoms with Gasteiger partial charge in [0.25, 0.3) is 5.91 Å². The molecule has 1 N–H and O–H groups in total. The van der Waals surface area contributed by atoms with Crippen molar-refractivity contribution in [2.75, 3.05) is 5.32 Å². The summed E-state index contributed by atoms with van der Waals surface area (Å²) in [4.78, 5) is 12.2. The molecule has 3 nitrogen and oxygen atoms in total. The van der Waals surface area contributed by atoms with E-state index in [1.165, 1.54) is 36.4 Å². The lowest BCUT2D eigenvalue weighted by Crippen LogP contribution is -2.11. The van der Waals surface area contributed by atoms with Crippen LogP contribution in [-0.2, 0) is 6.18 Å². The van der Waals surface area contributed by atoms with Crippen LogP contribution in [-0.4, -0.2) is 5.91 Å². The minimum atomic E-state index is -4.46. The van der Waals surface area contributed by atoms with Crippen molar-refractivity contribution >= 4 is 34.8 Å². The molecule has 0 bridgehead atoms. The van der Waals surface area contributed by atoms with Crippen molar-refractivity contribution in [1.29, 1.82) is 0 Å². The van der Waals surface area contributed by atoms with Crippen molar-refractivity contribution in [2.45, 2.75) is 6.18 Å². The smallest absolute Gasteiger partial charge is 0.416 e. The lowest BCUT2D eigenvalue weighted by molar-refractivity contribution is -0.137. The number of nitrogens with one attached hydrogen (secondary N) is 1. The van der Waals surface area contributed by atoms with E-state index in [2.05, 4.69) is 5.32 Å². The predicted octanol–water partition coefficient (Wildman–Crippen LogP) is 6.52. The summed E-state index contributed by atoms with van der Waals surface area (Å²) in [6, 6.07) is 12.0. The Hall–Kier alpha value is -2.44. The van der Waals surface area contributed by atoms with Gasteiger partial charge in [-0.3, -0.25) is 4.79 Å². The van der Waals surface area contributed by atoms with Gasteiger partial charge in [-0.25, -0.2) is 0 Å². The second kappa shape index (κ2) is 7.05. The Morgan fingerprint density at radius 3 is 2.46 bits per heavy atom. The van der Waals surface area contributed by atoms with Gasteiger partial charge in [0.2, 0.25) is 0 Å². The maximum absolute atomic E-state index is 12.8. The Morgan fingerprint density at radius 2 is 1.77 bits per heavy atom. The van der Waals surface area contributed by atoms with Gasteiger partial charge in [-0.05, 0) is 42.5 Å². The van der Waals surface area contributed by atoms with Crippen molar-refractivity contribution in [2.24, 2.45) is 0 Å². The van der Waals surface area contributed by atoms with E-state index in [1.54, 1.807) is 6.07 Å². The monoisotopic (exact) mass is 399 g/mol. The van der Waals surface area contributed by atoms with Crippen LogP contribution in [0.15, 0.2) is 59.0 Å². The molecular formula is C18H10Cl2F3NO2. The summed E-state index contributed by atoms with van der Waals surface area (Å²) in [7, 11) is 0. The van der Waals surface area contributed by atoms with Crippen LogP contribution < -0.4 is 5.32 Å². The predicted molar refractivity (Wildman–Crippen MR) is 93.6 cm³/mol. The van der Waals surface area contributed by atoms with Gasteiger partial charge in [0, 0.05) is 10.6 Å². The molecule has 134 valence electrons. The molecule has 3 aromatic rings. The van der Waals surface area contributed by atoms with Crippen LogP contribution >= 0.6 is 23.2 Å². The number of alkyl halides is 3. The zero-order valence-electron chi connectivity index (χ0n) is 12.9. The molecule has 0 aliphatic carbocycles. The molecular weight excluding hydrogens is 390 g/mol. The number of anilines is 1. The third-order valence-corrected chi connectivity index (χ3v) is 4.03. The normalized spacial score (nSPS) is 11.4. The number of hydrogen-bond acceptors (Lipinski definition) is 2. The highest BCUT2D eigenvalue weighted by molar-refractivity contribution is 6.36. The number of carbonyl (C=O) groups excluding carboxylic acids is 1. The topological polar surface area (TPSA) is 42.2 Å². The third-order valence-electron chi connectivity index (χ3n) is 3.48. The summed E-state index contributed by atoms with van der Waals surface area (Å²) < 4.78 is 43.8. The van der Waals surface area contributed by atoms with E-state index < -0.39 is 17.6 Å².